The highest BCUT2D eigenvalue weighted by Gasteiger charge is 2.47. The molecule has 1 aliphatic carbocycles. The number of halogens is 1. The number of fused-ring (bicyclic) bond motifs is 3. The van der Waals surface area contributed by atoms with Crippen molar-refractivity contribution >= 4 is 12.4 Å². The Morgan fingerprint density at radius 1 is 1.24 bits per heavy atom. The second-order valence-corrected chi connectivity index (χ2v) is 6.07. The Hall–Kier alpha value is -0.530. The van der Waals surface area contributed by atoms with E-state index in [0.717, 1.165) is 11.8 Å². The third-order valence-electron chi connectivity index (χ3n) is 4.80. The van der Waals surface area contributed by atoms with Crippen LogP contribution in [0.15, 0.2) is 24.3 Å². The zero-order chi connectivity index (χ0) is 11.3. The standard InChI is InChI=1S/C15H21N.ClH/c1-15(2)13-7-5-4-6-11(13)12-8-9-16(3)10-14(12)15;/h4-7,12,14H,8-10H2,1-3H3;1H/t12-,14+;/m1./s1. The number of hydrogen-bond donors (Lipinski definition) is 0. The Labute approximate surface area is 111 Å². The van der Waals surface area contributed by atoms with Crippen LogP contribution in [0.5, 0.6) is 0 Å². The quantitative estimate of drug-likeness (QED) is 0.683. The van der Waals surface area contributed by atoms with Gasteiger partial charge in [-0.1, -0.05) is 38.1 Å². The van der Waals surface area contributed by atoms with E-state index < -0.39 is 0 Å². The molecule has 17 heavy (non-hydrogen) atoms. The van der Waals surface area contributed by atoms with E-state index in [9.17, 15) is 0 Å². The van der Waals surface area contributed by atoms with Crippen molar-refractivity contribution in [3.63, 3.8) is 0 Å². The number of likely N-dealkylation sites (tertiary alicyclic amines) is 1. The van der Waals surface area contributed by atoms with Crippen molar-refractivity contribution in [2.24, 2.45) is 5.92 Å². The van der Waals surface area contributed by atoms with Gasteiger partial charge in [0.05, 0.1) is 0 Å². The number of rotatable bonds is 0. The molecule has 0 radical (unpaired) electrons. The zero-order valence-electron chi connectivity index (χ0n) is 10.9. The van der Waals surface area contributed by atoms with E-state index in [-0.39, 0.29) is 12.4 Å². The molecule has 0 amide bonds. The van der Waals surface area contributed by atoms with Crippen LogP contribution in [0.1, 0.15) is 37.3 Å². The van der Waals surface area contributed by atoms with Crippen molar-refractivity contribution in [1.82, 2.24) is 4.90 Å². The number of nitrogens with zero attached hydrogens (tertiary/aromatic N) is 1. The maximum absolute atomic E-state index is 2.49. The van der Waals surface area contributed by atoms with Crippen LogP contribution in [-0.4, -0.2) is 25.0 Å². The molecule has 0 saturated carbocycles. The second-order valence-electron chi connectivity index (χ2n) is 6.07. The first-order chi connectivity index (χ1) is 7.60. The summed E-state index contributed by atoms with van der Waals surface area (Å²) >= 11 is 0. The summed E-state index contributed by atoms with van der Waals surface area (Å²) in [5.41, 5.74) is 3.58. The minimum Gasteiger partial charge on any atom is -0.306 e. The van der Waals surface area contributed by atoms with Gasteiger partial charge in [-0.2, -0.15) is 0 Å². The SMILES string of the molecule is CN1CC[C@@H]2c3ccccc3C(C)(C)[C@H]2C1.Cl. The molecule has 1 fully saturated rings. The van der Waals surface area contributed by atoms with Gasteiger partial charge < -0.3 is 4.90 Å². The lowest BCUT2D eigenvalue weighted by molar-refractivity contribution is 0.146. The minimum atomic E-state index is 0. The van der Waals surface area contributed by atoms with E-state index in [2.05, 4.69) is 50.1 Å². The van der Waals surface area contributed by atoms with Gasteiger partial charge in [0.15, 0.2) is 0 Å². The molecule has 0 unspecified atom stereocenters. The van der Waals surface area contributed by atoms with Crippen molar-refractivity contribution in [1.29, 1.82) is 0 Å². The summed E-state index contributed by atoms with van der Waals surface area (Å²) in [5.74, 6) is 1.62. The Kier molecular flexibility index (Phi) is 3.26. The summed E-state index contributed by atoms with van der Waals surface area (Å²) < 4.78 is 0. The minimum absolute atomic E-state index is 0. The smallest absolute Gasteiger partial charge is 0.00208 e. The number of piperidine rings is 1. The van der Waals surface area contributed by atoms with Crippen molar-refractivity contribution < 1.29 is 0 Å². The highest BCUT2D eigenvalue weighted by Crippen LogP contribution is 2.53. The predicted molar refractivity (Wildman–Crippen MR) is 75.1 cm³/mol. The molecular formula is C15H22ClN. The fourth-order valence-electron chi connectivity index (χ4n) is 3.83. The summed E-state index contributed by atoms with van der Waals surface area (Å²) in [6, 6.07) is 9.10. The van der Waals surface area contributed by atoms with Gasteiger partial charge in [-0.15, -0.1) is 12.4 Å². The molecule has 1 heterocycles. The third-order valence-corrected chi connectivity index (χ3v) is 4.80. The largest absolute Gasteiger partial charge is 0.306 e. The first-order valence-corrected chi connectivity index (χ1v) is 6.38. The molecule has 1 aromatic carbocycles. The molecular weight excluding hydrogens is 230 g/mol. The van der Waals surface area contributed by atoms with Gasteiger partial charge >= 0.3 is 0 Å². The fourth-order valence-corrected chi connectivity index (χ4v) is 3.83. The lowest BCUT2D eigenvalue weighted by atomic mass is 9.73. The lowest BCUT2D eigenvalue weighted by Crippen LogP contribution is -2.41. The Bertz CT molecular complexity index is 413. The van der Waals surface area contributed by atoms with Gasteiger partial charge in [0, 0.05) is 6.54 Å². The van der Waals surface area contributed by atoms with Crippen LogP contribution in [0.25, 0.3) is 0 Å². The van der Waals surface area contributed by atoms with Crippen molar-refractivity contribution in [2.75, 3.05) is 20.1 Å². The third kappa shape index (κ3) is 1.80. The van der Waals surface area contributed by atoms with Crippen LogP contribution in [0.3, 0.4) is 0 Å². The summed E-state index contributed by atoms with van der Waals surface area (Å²) in [6.07, 6.45) is 1.33. The molecule has 1 aromatic rings. The van der Waals surface area contributed by atoms with Gasteiger partial charge in [-0.3, -0.25) is 0 Å². The van der Waals surface area contributed by atoms with Crippen molar-refractivity contribution in [2.45, 2.75) is 31.6 Å². The molecule has 1 aliphatic heterocycles. The second kappa shape index (κ2) is 4.29. The number of hydrogen-bond acceptors (Lipinski definition) is 1. The summed E-state index contributed by atoms with van der Waals surface area (Å²) in [7, 11) is 2.26. The summed E-state index contributed by atoms with van der Waals surface area (Å²) in [6.45, 7) is 7.36. The van der Waals surface area contributed by atoms with Crippen molar-refractivity contribution in [3.05, 3.63) is 35.4 Å². The number of benzene rings is 1. The zero-order valence-corrected chi connectivity index (χ0v) is 11.8. The molecule has 0 N–H and O–H groups in total. The molecule has 2 atom stereocenters. The summed E-state index contributed by atoms with van der Waals surface area (Å²) in [4.78, 5) is 2.49. The fraction of sp³-hybridized carbons (Fsp3) is 0.600. The molecule has 94 valence electrons. The first kappa shape index (κ1) is 12.9. The normalized spacial score (nSPS) is 30.3. The van der Waals surface area contributed by atoms with Crippen LogP contribution in [0, 0.1) is 5.92 Å². The lowest BCUT2D eigenvalue weighted by Gasteiger charge is -2.39. The van der Waals surface area contributed by atoms with Crippen LogP contribution < -0.4 is 0 Å². The Balaban J connectivity index is 0.00000108. The average molecular weight is 252 g/mol. The van der Waals surface area contributed by atoms with E-state index >= 15 is 0 Å². The van der Waals surface area contributed by atoms with Gasteiger partial charge in [-0.25, -0.2) is 0 Å². The molecule has 1 nitrogen and oxygen atoms in total. The summed E-state index contributed by atoms with van der Waals surface area (Å²) in [5, 5.41) is 0. The van der Waals surface area contributed by atoms with Crippen molar-refractivity contribution in [3.8, 4) is 0 Å². The highest BCUT2D eigenvalue weighted by atomic mass is 35.5. The van der Waals surface area contributed by atoms with E-state index in [4.69, 9.17) is 0 Å². The van der Waals surface area contributed by atoms with Crippen LogP contribution in [0.2, 0.25) is 0 Å². The molecule has 0 bridgehead atoms. The van der Waals surface area contributed by atoms with E-state index in [1.54, 1.807) is 11.1 Å². The van der Waals surface area contributed by atoms with Crippen LogP contribution >= 0.6 is 12.4 Å². The maximum Gasteiger partial charge on any atom is 0.00208 e. The first-order valence-electron chi connectivity index (χ1n) is 6.38. The average Bonchev–Trinajstić information content (AvgIpc) is 2.49. The molecule has 2 heteroatoms. The van der Waals surface area contributed by atoms with Gasteiger partial charge in [0.25, 0.3) is 0 Å². The Morgan fingerprint density at radius 2 is 1.94 bits per heavy atom. The predicted octanol–water partition coefficient (Wildman–Crippen LogP) is 3.43. The molecule has 3 rings (SSSR count). The molecule has 0 aromatic heterocycles. The van der Waals surface area contributed by atoms with E-state index in [1.165, 1.54) is 19.5 Å². The van der Waals surface area contributed by atoms with E-state index in [1.807, 2.05) is 0 Å². The highest BCUT2D eigenvalue weighted by molar-refractivity contribution is 5.85. The Morgan fingerprint density at radius 3 is 2.71 bits per heavy atom. The van der Waals surface area contributed by atoms with E-state index in [0.29, 0.717) is 5.41 Å². The molecule has 2 aliphatic rings. The topological polar surface area (TPSA) is 3.24 Å². The maximum atomic E-state index is 2.49. The molecule has 1 saturated heterocycles. The monoisotopic (exact) mass is 251 g/mol. The van der Waals surface area contributed by atoms with Gasteiger partial charge in [-0.05, 0) is 48.4 Å². The van der Waals surface area contributed by atoms with Crippen LogP contribution in [-0.2, 0) is 5.41 Å². The van der Waals surface area contributed by atoms with Gasteiger partial charge in [0.1, 0.15) is 0 Å². The van der Waals surface area contributed by atoms with Crippen LogP contribution in [0.4, 0.5) is 0 Å². The van der Waals surface area contributed by atoms with Gasteiger partial charge in [0.2, 0.25) is 0 Å². The molecule has 0 spiro atoms.